The van der Waals surface area contributed by atoms with Gasteiger partial charge in [-0.3, -0.25) is 0 Å². The molecule has 3 nitrogen and oxygen atoms in total. The van der Waals surface area contributed by atoms with Crippen LogP contribution in [0.2, 0.25) is 0 Å². The lowest BCUT2D eigenvalue weighted by Gasteiger charge is -2.17. The number of nitrogens with one attached hydrogen (secondary N) is 1. The standard InChI is InChI=1S/C11H23NO2/c1-11(2,13)6-8-12-7-5-10-4-3-9-14-10/h10,12-13H,3-9H2,1-2H3. The van der Waals surface area contributed by atoms with Gasteiger partial charge in [-0.1, -0.05) is 0 Å². The molecular weight excluding hydrogens is 178 g/mol. The third-order valence-electron chi connectivity index (χ3n) is 2.58. The van der Waals surface area contributed by atoms with Crippen molar-refractivity contribution in [3.05, 3.63) is 0 Å². The van der Waals surface area contributed by atoms with Gasteiger partial charge in [0, 0.05) is 6.61 Å². The Balaban J connectivity index is 1.89. The summed E-state index contributed by atoms with van der Waals surface area (Å²) in [7, 11) is 0. The Morgan fingerprint density at radius 2 is 2.21 bits per heavy atom. The summed E-state index contributed by atoms with van der Waals surface area (Å²) in [6.07, 6.45) is 4.82. The number of rotatable bonds is 6. The molecule has 0 aromatic rings. The first kappa shape index (κ1) is 12.0. The molecule has 1 atom stereocenters. The van der Waals surface area contributed by atoms with Crippen LogP contribution >= 0.6 is 0 Å². The summed E-state index contributed by atoms with van der Waals surface area (Å²) in [6.45, 7) is 6.51. The van der Waals surface area contributed by atoms with Gasteiger partial charge in [0.2, 0.25) is 0 Å². The molecule has 1 aliphatic rings. The zero-order chi connectivity index (χ0) is 10.4. The highest BCUT2D eigenvalue weighted by Crippen LogP contribution is 2.14. The van der Waals surface area contributed by atoms with E-state index in [2.05, 4.69) is 5.32 Å². The maximum Gasteiger partial charge on any atom is 0.0603 e. The van der Waals surface area contributed by atoms with Crippen LogP contribution in [0.15, 0.2) is 0 Å². The van der Waals surface area contributed by atoms with Gasteiger partial charge in [-0.05, 0) is 52.6 Å². The normalized spacial score (nSPS) is 22.9. The average molecular weight is 201 g/mol. The molecule has 0 radical (unpaired) electrons. The quantitative estimate of drug-likeness (QED) is 0.637. The maximum atomic E-state index is 9.46. The molecule has 1 rings (SSSR count). The Morgan fingerprint density at radius 3 is 2.79 bits per heavy atom. The van der Waals surface area contributed by atoms with Gasteiger partial charge in [0.15, 0.2) is 0 Å². The molecule has 0 spiro atoms. The summed E-state index contributed by atoms with van der Waals surface area (Å²) in [5, 5.41) is 12.8. The monoisotopic (exact) mass is 201 g/mol. The van der Waals surface area contributed by atoms with E-state index in [0.717, 1.165) is 32.5 Å². The molecular formula is C11H23NO2. The average Bonchev–Trinajstić information content (AvgIpc) is 2.54. The summed E-state index contributed by atoms with van der Waals surface area (Å²) < 4.78 is 5.51. The Bertz CT molecular complexity index is 148. The highest BCUT2D eigenvalue weighted by atomic mass is 16.5. The molecule has 0 amide bonds. The highest BCUT2D eigenvalue weighted by molar-refractivity contribution is 4.68. The molecule has 0 saturated carbocycles. The molecule has 1 aliphatic heterocycles. The van der Waals surface area contributed by atoms with Crippen LogP contribution in [0.3, 0.4) is 0 Å². The number of aliphatic hydroxyl groups is 1. The molecule has 0 aromatic carbocycles. The van der Waals surface area contributed by atoms with Crippen molar-refractivity contribution >= 4 is 0 Å². The van der Waals surface area contributed by atoms with Gasteiger partial charge in [0.1, 0.15) is 0 Å². The van der Waals surface area contributed by atoms with Crippen molar-refractivity contribution in [1.82, 2.24) is 5.32 Å². The van der Waals surface area contributed by atoms with E-state index < -0.39 is 5.60 Å². The predicted octanol–water partition coefficient (Wildman–Crippen LogP) is 1.31. The second-order valence-electron chi connectivity index (χ2n) is 4.74. The zero-order valence-corrected chi connectivity index (χ0v) is 9.38. The van der Waals surface area contributed by atoms with Gasteiger partial charge < -0.3 is 15.2 Å². The van der Waals surface area contributed by atoms with Crippen LogP contribution in [-0.2, 0) is 4.74 Å². The number of ether oxygens (including phenoxy) is 1. The van der Waals surface area contributed by atoms with Gasteiger partial charge >= 0.3 is 0 Å². The molecule has 0 aromatic heterocycles. The maximum absolute atomic E-state index is 9.46. The summed E-state index contributed by atoms with van der Waals surface area (Å²) >= 11 is 0. The fraction of sp³-hybridized carbons (Fsp3) is 1.00. The van der Waals surface area contributed by atoms with E-state index in [1.807, 2.05) is 13.8 Å². The molecule has 0 bridgehead atoms. The van der Waals surface area contributed by atoms with Crippen LogP contribution in [0.4, 0.5) is 0 Å². The molecule has 3 heteroatoms. The van der Waals surface area contributed by atoms with Gasteiger partial charge in [-0.25, -0.2) is 0 Å². The van der Waals surface area contributed by atoms with Crippen LogP contribution in [0.25, 0.3) is 0 Å². The van der Waals surface area contributed by atoms with Crippen molar-refractivity contribution in [2.45, 2.75) is 51.2 Å². The van der Waals surface area contributed by atoms with Crippen LogP contribution in [0.1, 0.15) is 39.5 Å². The number of hydrogen-bond acceptors (Lipinski definition) is 3. The van der Waals surface area contributed by atoms with Crippen LogP contribution < -0.4 is 5.32 Å². The van der Waals surface area contributed by atoms with Crippen LogP contribution in [-0.4, -0.2) is 36.5 Å². The van der Waals surface area contributed by atoms with Crippen molar-refractivity contribution in [2.24, 2.45) is 0 Å². The topological polar surface area (TPSA) is 41.5 Å². The third-order valence-corrected chi connectivity index (χ3v) is 2.58. The van der Waals surface area contributed by atoms with Crippen LogP contribution in [0, 0.1) is 0 Å². The minimum atomic E-state index is -0.545. The van der Waals surface area contributed by atoms with Gasteiger partial charge in [-0.15, -0.1) is 0 Å². The summed E-state index contributed by atoms with van der Waals surface area (Å²) in [5.74, 6) is 0. The molecule has 1 saturated heterocycles. The van der Waals surface area contributed by atoms with E-state index in [-0.39, 0.29) is 0 Å². The Kier molecular flexibility index (Phi) is 4.85. The smallest absolute Gasteiger partial charge is 0.0603 e. The Hall–Kier alpha value is -0.120. The molecule has 0 aliphatic carbocycles. The second kappa shape index (κ2) is 5.69. The van der Waals surface area contributed by atoms with E-state index in [1.54, 1.807) is 0 Å². The molecule has 1 heterocycles. The van der Waals surface area contributed by atoms with Crippen molar-refractivity contribution in [3.8, 4) is 0 Å². The molecule has 84 valence electrons. The van der Waals surface area contributed by atoms with Gasteiger partial charge in [-0.2, -0.15) is 0 Å². The number of hydrogen-bond donors (Lipinski definition) is 2. The van der Waals surface area contributed by atoms with E-state index in [1.165, 1.54) is 12.8 Å². The van der Waals surface area contributed by atoms with Crippen molar-refractivity contribution in [2.75, 3.05) is 19.7 Å². The Morgan fingerprint density at radius 1 is 1.43 bits per heavy atom. The predicted molar refractivity (Wildman–Crippen MR) is 57.4 cm³/mol. The minimum Gasteiger partial charge on any atom is -0.390 e. The summed E-state index contributed by atoms with van der Waals surface area (Å²) in [4.78, 5) is 0. The van der Waals surface area contributed by atoms with E-state index in [4.69, 9.17) is 4.74 Å². The Labute approximate surface area is 86.8 Å². The second-order valence-corrected chi connectivity index (χ2v) is 4.74. The molecule has 1 fully saturated rings. The third kappa shape index (κ3) is 5.58. The molecule has 2 N–H and O–H groups in total. The fourth-order valence-electron chi connectivity index (χ4n) is 1.65. The molecule has 1 unspecified atom stereocenters. The lowest BCUT2D eigenvalue weighted by Crippen LogP contribution is -2.28. The van der Waals surface area contributed by atoms with Crippen molar-refractivity contribution in [1.29, 1.82) is 0 Å². The first-order chi connectivity index (χ1) is 6.58. The van der Waals surface area contributed by atoms with Gasteiger partial charge in [0.25, 0.3) is 0 Å². The summed E-state index contributed by atoms with van der Waals surface area (Å²) in [5.41, 5.74) is -0.545. The van der Waals surface area contributed by atoms with Crippen molar-refractivity contribution in [3.63, 3.8) is 0 Å². The first-order valence-electron chi connectivity index (χ1n) is 5.63. The summed E-state index contributed by atoms with van der Waals surface area (Å²) in [6, 6.07) is 0. The van der Waals surface area contributed by atoms with E-state index in [0.29, 0.717) is 6.10 Å². The first-order valence-corrected chi connectivity index (χ1v) is 5.63. The molecule has 14 heavy (non-hydrogen) atoms. The van der Waals surface area contributed by atoms with Gasteiger partial charge in [0.05, 0.1) is 11.7 Å². The fourth-order valence-corrected chi connectivity index (χ4v) is 1.65. The van der Waals surface area contributed by atoms with E-state index >= 15 is 0 Å². The zero-order valence-electron chi connectivity index (χ0n) is 9.38. The largest absolute Gasteiger partial charge is 0.390 e. The van der Waals surface area contributed by atoms with E-state index in [9.17, 15) is 5.11 Å². The van der Waals surface area contributed by atoms with Crippen LogP contribution in [0.5, 0.6) is 0 Å². The SMILES string of the molecule is CC(C)(O)CCNCCC1CCCO1. The minimum absolute atomic E-state index is 0.477. The lowest BCUT2D eigenvalue weighted by molar-refractivity contribution is 0.0702. The van der Waals surface area contributed by atoms with Crippen molar-refractivity contribution < 1.29 is 9.84 Å². The highest BCUT2D eigenvalue weighted by Gasteiger charge is 2.15. The lowest BCUT2D eigenvalue weighted by atomic mass is 10.1.